The summed E-state index contributed by atoms with van der Waals surface area (Å²) in [5.41, 5.74) is 2.75. The minimum absolute atomic E-state index is 0.0607. The minimum atomic E-state index is -0.239. The maximum Gasteiger partial charge on any atom is 0.256 e. The van der Waals surface area contributed by atoms with Gasteiger partial charge < -0.3 is 15.1 Å². The first-order valence-electron chi connectivity index (χ1n) is 9.87. The second-order valence-corrected chi connectivity index (χ2v) is 8.04. The first-order valence-corrected chi connectivity index (χ1v) is 10.7. The SMILES string of the molecule is O=C(Nc1ccccc1C(=O)N1CCN(c2ccccc2)CC1)c1ccc(Br)cc1. The smallest absolute Gasteiger partial charge is 0.256 e. The van der Waals surface area contributed by atoms with Gasteiger partial charge in [-0.1, -0.05) is 46.3 Å². The monoisotopic (exact) mass is 463 g/mol. The summed E-state index contributed by atoms with van der Waals surface area (Å²) in [5, 5.41) is 2.89. The number of amides is 2. The largest absolute Gasteiger partial charge is 0.368 e. The lowest BCUT2D eigenvalue weighted by molar-refractivity contribution is 0.0748. The van der Waals surface area contributed by atoms with E-state index in [4.69, 9.17) is 0 Å². The van der Waals surface area contributed by atoms with Crippen molar-refractivity contribution in [1.82, 2.24) is 4.90 Å². The van der Waals surface area contributed by atoms with Crippen molar-refractivity contribution < 1.29 is 9.59 Å². The molecular weight excluding hydrogens is 442 g/mol. The topological polar surface area (TPSA) is 52.7 Å². The normalized spacial score (nSPS) is 13.8. The summed E-state index contributed by atoms with van der Waals surface area (Å²) in [6.45, 7) is 2.85. The fourth-order valence-electron chi connectivity index (χ4n) is 3.55. The first kappa shape index (κ1) is 20.2. The average molecular weight is 464 g/mol. The van der Waals surface area contributed by atoms with E-state index in [0.29, 0.717) is 29.9 Å². The van der Waals surface area contributed by atoms with Gasteiger partial charge in [-0.3, -0.25) is 9.59 Å². The standard InChI is InChI=1S/C24H22BrN3O2/c25-19-12-10-18(11-13-19)23(29)26-22-9-5-4-8-21(22)24(30)28-16-14-27(15-17-28)20-6-2-1-3-7-20/h1-13H,14-17H2,(H,26,29). The van der Waals surface area contributed by atoms with Crippen LogP contribution in [0, 0.1) is 0 Å². The van der Waals surface area contributed by atoms with Crippen molar-refractivity contribution in [2.45, 2.75) is 0 Å². The Morgan fingerprint density at radius 3 is 2.10 bits per heavy atom. The molecule has 1 saturated heterocycles. The highest BCUT2D eigenvalue weighted by atomic mass is 79.9. The van der Waals surface area contributed by atoms with Gasteiger partial charge in [0.25, 0.3) is 11.8 Å². The van der Waals surface area contributed by atoms with Crippen molar-refractivity contribution in [3.8, 4) is 0 Å². The van der Waals surface area contributed by atoms with Gasteiger partial charge in [-0.2, -0.15) is 0 Å². The molecule has 0 unspecified atom stereocenters. The molecule has 1 aliphatic rings. The zero-order valence-corrected chi connectivity index (χ0v) is 18.0. The van der Waals surface area contributed by atoms with Gasteiger partial charge in [0.05, 0.1) is 11.3 Å². The van der Waals surface area contributed by atoms with Gasteiger partial charge in [-0.25, -0.2) is 0 Å². The molecule has 0 radical (unpaired) electrons. The molecule has 0 atom stereocenters. The first-order chi connectivity index (χ1) is 14.6. The van der Waals surface area contributed by atoms with Crippen molar-refractivity contribution in [3.63, 3.8) is 0 Å². The molecule has 1 aliphatic heterocycles. The van der Waals surface area contributed by atoms with E-state index >= 15 is 0 Å². The summed E-state index contributed by atoms with van der Waals surface area (Å²) in [6.07, 6.45) is 0. The molecular formula is C24H22BrN3O2. The fraction of sp³-hybridized carbons (Fsp3) is 0.167. The summed E-state index contributed by atoms with van der Waals surface area (Å²) in [7, 11) is 0. The van der Waals surface area contributed by atoms with Crippen molar-refractivity contribution in [3.05, 3.63) is 94.5 Å². The molecule has 3 aromatic rings. The molecule has 3 aromatic carbocycles. The van der Waals surface area contributed by atoms with Gasteiger partial charge in [0.2, 0.25) is 0 Å². The van der Waals surface area contributed by atoms with Gasteiger partial charge in [0, 0.05) is 41.9 Å². The van der Waals surface area contributed by atoms with Gasteiger partial charge in [-0.05, 0) is 48.5 Å². The number of hydrogen-bond acceptors (Lipinski definition) is 3. The quantitative estimate of drug-likeness (QED) is 0.611. The van der Waals surface area contributed by atoms with Crippen molar-refractivity contribution in [1.29, 1.82) is 0 Å². The van der Waals surface area contributed by atoms with Crippen LogP contribution in [-0.4, -0.2) is 42.9 Å². The number of nitrogens with zero attached hydrogens (tertiary/aromatic N) is 2. The second-order valence-electron chi connectivity index (χ2n) is 7.12. The maximum atomic E-state index is 13.2. The van der Waals surface area contributed by atoms with Crippen molar-refractivity contribution >= 4 is 39.1 Å². The van der Waals surface area contributed by atoms with Crippen LogP contribution >= 0.6 is 15.9 Å². The van der Waals surface area contributed by atoms with Crippen LogP contribution in [0.25, 0.3) is 0 Å². The lowest BCUT2D eigenvalue weighted by atomic mass is 10.1. The Labute approximate surface area is 184 Å². The van der Waals surface area contributed by atoms with Crippen molar-refractivity contribution in [2.75, 3.05) is 36.4 Å². The van der Waals surface area contributed by atoms with Crippen LogP contribution in [0.4, 0.5) is 11.4 Å². The van der Waals surface area contributed by atoms with Crippen LogP contribution in [-0.2, 0) is 0 Å². The van der Waals surface area contributed by atoms with E-state index in [1.54, 1.807) is 24.3 Å². The molecule has 0 aromatic heterocycles. The lowest BCUT2D eigenvalue weighted by Gasteiger charge is -2.36. The highest BCUT2D eigenvalue weighted by molar-refractivity contribution is 9.10. The summed E-state index contributed by atoms with van der Waals surface area (Å²) in [4.78, 5) is 29.9. The van der Waals surface area contributed by atoms with Crippen LogP contribution < -0.4 is 10.2 Å². The Bertz CT molecular complexity index is 1030. The molecule has 4 rings (SSSR count). The van der Waals surface area contributed by atoms with Crippen LogP contribution in [0.3, 0.4) is 0 Å². The Kier molecular flexibility index (Phi) is 6.14. The van der Waals surface area contributed by atoms with E-state index in [2.05, 4.69) is 38.3 Å². The zero-order valence-electron chi connectivity index (χ0n) is 16.4. The van der Waals surface area contributed by atoms with Gasteiger partial charge in [0.15, 0.2) is 0 Å². The third-order valence-electron chi connectivity index (χ3n) is 5.20. The maximum absolute atomic E-state index is 13.2. The minimum Gasteiger partial charge on any atom is -0.368 e. The lowest BCUT2D eigenvalue weighted by Crippen LogP contribution is -2.48. The molecule has 1 heterocycles. The Hall–Kier alpha value is -3.12. The summed E-state index contributed by atoms with van der Waals surface area (Å²) >= 11 is 3.37. The van der Waals surface area contributed by atoms with E-state index in [1.165, 1.54) is 5.69 Å². The van der Waals surface area contributed by atoms with E-state index in [-0.39, 0.29) is 11.8 Å². The Morgan fingerprint density at radius 2 is 1.40 bits per heavy atom. The number of benzene rings is 3. The number of para-hydroxylation sites is 2. The number of rotatable bonds is 4. The molecule has 0 spiro atoms. The summed E-state index contributed by atoms with van der Waals surface area (Å²) in [5.74, 6) is -0.300. The molecule has 0 aliphatic carbocycles. The average Bonchev–Trinajstić information content (AvgIpc) is 2.80. The molecule has 2 amide bonds. The van der Waals surface area contributed by atoms with Gasteiger partial charge in [-0.15, -0.1) is 0 Å². The third-order valence-corrected chi connectivity index (χ3v) is 5.73. The number of carbonyl (C=O) groups excluding carboxylic acids is 2. The predicted octanol–water partition coefficient (Wildman–Crippen LogP) is 4.66. The number of hydrogen-bond donors (Lipinski definition) is 1. The number of anilines is 2. The van der Waals surface area contributed by atoms with Crippen LogP contribution in [0.15, 0.2) is 83.3 Å². The predicted molar refractivity (Wildman–Crippen MR) is 123 cm³/mol. The van der Waals surface area contributed by atoms with Crippen LogP contribution in [0.2, 0.25) is 0 Å². The highest BCUT2D eigenvalue weighted by Crippen LogP contribution is 2.21. The molecule has 0 bridgehead atoms. The summed E-state index contributed by atoms with van der Waals surface area (Å²) < 4.78 is 0.907. The molecule has 1 fully saturated rings. The van der Waals surface area contributed by atoms with Gasteiger partial charge >= 0.3 is 0 Å². The van der Waals surface area contributed by atoms with Crippen molar-refractivity contribution in [2.24, 2.45) is 0 Å². The second kappa shape index (κ2) is 9.13. The number of piperazine rings is 1. The molecule has 0 saturated carbocycles. The molecule has 1 N–H and O–H groups in total. The molecule has 5 nitrogen and oxygen atoms in total. The third kappa shape index (κ3) is 4.54. The fourth-order valence-corrected chi connectivity index (χ4v) is 3.82. The van der Waals surface area contributed by atoms with Gasteiger partial charge in [0.1, 0.15) is 0 Å². The number of halogens is 1. The van der Waals surface area contributed by atoms with Crippen LogP contribution in [0.1, 0.15) is 20.7 Å². The highest BCUT2D eigenvalue weighted by Gasteiger charge is 2.24. The van der Waals surface area contributed by atoms with E-state index in [1.807, 2.05) is 47.4 Å². The van der Waals surface area contributed by atoms with Crippen LogP contribution in [0.5, 0.6) is 0 Å². The Balaban J connectivity index is 1.45. The number of carbonyl (C=O) groups is 2. The molecule has 6 heteroatoms. The number of nitrogens with one attached hydrogen (secondary N) is 1. The summed E-state index contributed by atoms with van der Waals surface area (Å²) in [6, 6.07) is 24.5. The van der Waals surface area contributed by atoms with E-state index in [0.717, 1.165) is 17.6 Å². The zero-order chi connectivity index (χ0) is 20.9. The molecule has 30 heavy (non-hydrogen) atoms. The van der Waals surface area contributed by atoms with E-state index in [9.17, 15) is 9.59 Å². The molecule has 152 valence electrons. The van der Waals surface area contributed by atoms with E-state index < -0.39 is 0 Å². The Morgan fingerprint density at radius 1 is 0.767 bits per heavy atom.